The molecule has 2 aliphatic rings. The van der Waals surface area contributed by atoms with Crippen molar-refractivity contribution >= 4 is 5.82 Å². The Bertz CT molecular complexity index is 710. The lowest BCUT2D eigenvalue weighted by Crippen LogP contribution is -2.39. The molecule has 2 aliphatic heterocycles. The van der Waals surface area contributed by atoms with E-state index in [1.165, 1.54) is 18.4 Å². The number of benzene rings is 1. The molecule has 6 heteroatoms. The first-order chi connectivity index (χ1) is 12.3. The highest BCUT2D eigenvalue weighted by molar-refractivity contribution is 5.44. The minimum Gasteiger partial charge on any atom is -0.486 e. The normalized spacial score (nSPS) is 19.4. The zero-order valence-electron chi connectivity index (χ0n) is 14.6. The molecule has 1 aromatic heterocycles. The van der Waals surface area contributed by atoms with Crippen molar-refractivity contribution < 1.29 is 9.47 Å². The van der Waals surface area contributed by atoms with E-state index in [9.17, 15) is 0 Å². The maximum absolute atomic E-state index is 5.69. The lowest BCUT2D eigenvalue weighted by atomic mass is 10.1. The summed E-state index contributed by atoms with van der Waals surface area (Å²) in [5, 5.41) is 8.30. The van der Waals surface area contributed by atoms with Gasteiger partial charge in [0.15, 0.2) is 17.3 Å². The van der Waals surface area contributed by atoms with Crippen LogP contribution in [0.25, 0.3) is 0 Å². The first-order valence-electron chi connectivity index (χ1n) is 8.91. The number of ether oxygens (including phenoxy) is 2. The van der Waals surface area contributed by atoms with Gasteiger partial charge in [-0.2, -0.15) is 5.10 Å². The predicted octanol–water partition coefficient (Wildman–Crippen LogP) is 2.35. The highest BCUT2D eigenvalue weighted by Crippen LogP contribution is 2.31. The zero-order chi connectivity index (χ0) is 17.1. The predicted molar refractivity (Wildman–Crippen MR) is 96.2 cm³/mol. The Labute approximate surface area is 148 Å². The van der Waals surface area contributed by atoms with E-state index in [0.717, 1.165) is 37.0 Å². The molecule has 132 valence electrons. The molecule has 0 N–H and O–H groups in total. The topological polar surface area (TPSA) is 50.7 Å². The second kappa shape index (κ2) is 7.27. The molecule has 0 bridgehead atoms. The fourth-order valence-electron chi connectivity index (χ4n) is 3.70. The van der Waals surface area contributed by atoms with Crippen LogP contribution in [0.15, 0.2) is 36.5 Å². The summed E-state index contributed by atoms with van der Waals surface area (Å²) in [5.74, 6) is 2.69. The first kappa shape index (κ1) is 16.1. The Morgan fingerprint density at radius 1 is 1.20 bits per heavy atom. The summed E-state index contributed by atoms with van der Waals surface area (Å²) in [6.45, 7) is 4.21. The largest absolute Gasteiger partial charge is 0.486 e. The van der Waals surface area contributed by atoms with Crippen molar-refractivity contribution in [3.63, 3.8) is 0 Å². The smallest absolute Gasteiger partial charge is 0.161 e. The number of hydrogen-bond donors (Lipinski definition) is 0. The van der Waals surface area contributed by atoms with Crippen LogP contribution in [0, 0.1) is 0 Å². The molecule has 0 unspecified atom stereocenters. The average Bonchev–Trinajstić information content (AvgIpc) is 3.10. The zero-order valence-corrected chi connectivity index (χ0v) is 14.6. The van der Waals surface area contributed by atoms with Gasteiger partial charge in [-0.25, -0.2) is 0 Å². The molecule has 1 fully saturated rings. The van der Waals surface area contributed by atoms with Gasteiger partial charge in [-0.15, -0.1) is 5.10 Å². The molecule has 25 heavy (non-hydrogen) atoms. The van der Waals surface area contributed by atoms with Crippen LogP contribution in [0.5, 0.6) is 11.5 Å². The van der Waals surface area contributed by atoms with Gasteiger partial charge in [0.1, 0.15) is 13.2 Å². The quantitative estimate of drug-likeness (QED) is 0.833. The van der Waals surface area contributed by atoms with Gasteiger partial charge < -0.3 is 19.3 Å². The van der Waals surface area contributed by atoms with Crippen LogP contribution in [0.2, 0.25) is 0 Å². The third-order valence-corrected chi connectivity index (χ3v) is 4.81. The summed E-state index contributed by atoms with van der Waals surface area (Å²) in [6, 6.07) is 10.7. The van der Waals surface area contributed by atoms with E-state index in [4.69, 9.17) is 9.47 Å². The van der Waals surface area contributed by atoms with Crippen LogP contribution in [-0.4, -0.2) is 54.5 Å². The van der Waals surface area contributed by atoms with Gasteiger partial charge in [-0.05, 0) is 49.7 Å². The second-order valence-electron chi connectivity index (χ2n) is 6.75. The first-order valence-corrected chi connectivity index (χ1v) is 8.91. The minimum absolute atomic E-state index is 0.485. The minimum atomic E-state index is 0.485. The molecule has 0 aliphatic carbocycles. The third-order valence-electron chi connectivity index (χ3n) is 4.81. The molecule has 1 saturated heterocycles. The van der Waals surface area contributed by atoms with E-state index in [1.807, 2.05) is 18.2 Å². The van der Waals surface area contributed by atoms with Gasteiger partial charge in [-0.3, -0.25) is 0 Å². The van der Waals surface area contributed by atoms with Gasteiger partial charge in [0.2, 0.25) is 0 Å². The molecule has 0 amide bonds. The van der Waals surface area contributed by atoms with Crippen molar-refractivity contribution in [1.82, 2.24) is 15.1 Å². The van der Waals surface area contributed by atoms with Crippen LogP contribution in [-0.2, 0) is 6.54 Å². The molecule has 4 rings (SSSR count). The van der Waals surface area contributed by atoms with Crippen molar-refractivity contribution in [1.29, 1.82) is 0 Å². The molecule has 2 aromatic rings. The van der Waals surface area contributed by atoms with Crippen molar-refractivity contribution in [2.45, 2.75) is 25.4 Å². The van der Waals surface area contributed by atoms with Crippen molar-refractivity contribution in [2.24, 2.45) is 0 Å². The Balaban J connectivity index is 1.39. The van der Waals surface area contributed by atoms with Crippen molar-refractivity contribution in [3.05, 3.63) is 42.1 Å². The summed E-state index contributed by atoms with van der Waals surface area (Å²) in [6.07, 6.45) is 4.13. The molecular weight excluding hydrogens is 316 g/mol. The van der Waals surface area contributed by atoms with E-state index in [-0.39, 0.29) is 0 Å². The van der Waals surface area contributed by atoms with Gasteiger partial charge in [0.05, 0.1) is 0 Å². The van der Waals surface area contributed by atoms with E-state index in [2.05, 4.69) is 39.2 Å². The SMILES string of the molecule is CN(Cc1ccc2c(c1)OCCO2)C[C@H]1CCCN1c1cccnn1. The van der Waals surface area contributed by atoms with Crippen LogP contribution in [0.1, 0.15) is 18.4 Å². The molecule has 0 spiro atoms. The van der Waals surface area contributed by atoms with Gasteiger partial charge in [0.25, 0.3) is 0 Å². The standard InChI is InChI=1S/C19H24N4O2/c1-22(13-15-6-7-17-18(12-15)25-11-10-24-17)14-16-4-3-9-23(16)19-5-2-8-20-21-19/h2,5-8,12,16H,3-4,9-11,13-14H2,1H3/t16-/m1/s1. The van der Waals surface area contributed by atoms with Gasteiger partial charge in [0, 0.05) is 31.9 Å². The fraction of sp³-hybridized carbons (Fsp3) is 0.474. The van der Waals surface area contributed by atoms with Crippen molar-refractivity contribution in [2.75, 3.05) is 38.3 Å². The lowest BCUT2D eigenvalue weighted by molar-refractivity contribution is 0.171. The highest BCUT2D eigenvalue weighted by Gasteiger charge is 2.26. The van der Waals surface area contributed by atoms with Gasteiger partial charge >= 0.3 is 0 Å². The van der Waals surface area contributed by atoms with Crippen LogP contribution in [0.4, 0.5) is 5.82 Å². The Kier molecular flexibility index (Phi) is 4.70. The molecule has 3 heterocycles. The summed E-state index contributed by atoms with van der Waals surface area (Å²) in [7, 11) is 2.17. The van der Waals surface area contributed by atoms with E-state index >= 15 is 0 Å². The molecule has 0 saturated carbocycles. The number of anilines is 1. The molecule has 6 nitrogen and oxygen atoms in total. The van der Waals surface area contributed by atoms with Crippen LogP contribution < -0.4 is 14.4 Å². The lowest BCUT2D eigenvalue weighted by Gasteiger charge is -2.29. The summed E-state index contributed by atoms with van der Waals surface area (Å²) < 4.78 is 11.3. The molecule has 1 atom stereocenters. The fourth-order valence-corrected chi connectivity index (χ4v) is 3.70. The summed E-state index contributed by atoms with van der Waals surface area (Å²) in [4.78, 5) is 4.75. The monoisotopic (exact) mass is 340 g/mol. The average molecular weight is 340 g/mol. The van der Waals surface area contributed by atoms with Crippen LogP contribution in [0.3, 0.4) is 0 Å². The Hall–Kier alpha value is -2.34. The van der Waals surface area contributed by atoms with Crippen LogP contribution >= 0.6 is 0 Å². The second-order valence-corrected chi connectivity index (χ2v) is 6.75. The summed E-state index contributed by atoms with van der Waals surface area (Å²) >= 11 is 0. The Morgan fingerprint density at radius 2 is 2.08 bits per heavy atom. The Morgan fingerprint density at radius 3 is 2.92 bits per heavy atom. The molecule has 0 radical (unpaired) electrons. The maximum atomic E-state index is 5.69. The molecule has 1 aromatic carbocycles. The van der Waals surface area contributed by atoms with E-state index in [0.29, 0.717) is 19.3 Å². The number of fused-ring (bicyclic) bond motifs is 1. The number of hydrogen-bond acceptors (Lipinski definition) is 6. The van der Waals surface area contributed by atoms with E-state index < -0.39 is 0 Å². The highest BCUT2D eigenvalue weighted by atomic mass is 16.6. The summed E-state index contributed by atoms with van der Waals surface area (Å²) in [5.41, 5.74) is 1.25. The number of nitrogens with zero attached hydrogens (tertiary/aromatic N) is 4. The third kappa shape index (κ3) is 3.69. The van der Waals surface area contributed by atoms with Gasteiger partial charge in [-0.1, -0.05) is 6.07 Å². The van der Waals surface area contributed by atoms with E-state index in [1.54, 1.807) is 6.20 Å². The number of rotatable bonds is 5. The number of aromatic nitrogens is 2. The van der Waals surface area contributed by atoms with Crippen molar-refractivity contribution in [3.8, 4) is 11.5 Å². The number of likely N-dealkylation sites (N-methyl/N-ethyl adjacent to an activating group) is 1. The maximum Gasteiger partial charge on any atom is 0.161 e. The molecular formula is C19H24N4O2.